The van der Waals surface area contributed by atoms with Crippen molar-refractivity contribution in [1.29, 1.82) is 0 Å². The lowest BCUT2D eigenvalue weighted by Gasteiger charge is -2.12. The molecule has 0 atom stereocenters. The first-order valence-corrected chi connectivity index (χ1v) is 6.35. The predicted octanol–water partition coefficient (Wildman–Crippen LogP) is 2.35. The van der Waals surface area contributed by atoms with Crippen molar-refractivity contribution in [1.82, 2.24) is 19.7 Å². The Morgan fingerprint density at radius 2 is 2.11 bits per heavy atom. The maximum absolute atomic E-state index is 4.45. The first-order valence-electron chi connectivity index (χ1n) is 6.35. The molecule has 0 radical (unpaired) electrons. The maximum atomic E-state index is 4.45. The second-order valence-corrected chi connectivity index (χ2v) is 4.08. The molecule has 0 spiro atoms. The number of nitrogens with one attached hydrogen (secondary N) is 1. The van der Waals surface area contributed by atoms with Crippen LogP contribution in [0.3, 0.4) is 0 Å². The second-order valence-electron chi connectivity index (χ2n) is 4.08. The largest absolute Gasteiger partial charge is 0.373 e. The first-order chi connectivity index (χ1) is 8.81. The van der Waals surface area contributed by atoms with E-state index >= 15 is 0 Å². The molecule has 0 amide bonds. The molecule has 0 fully saturated rings. The van der Waals surface area contributed by atoms with Crippen molar-refractivity contribution in [2.75, 3.05) is 12.4 Å². The molecule has 2 rings (SSSR count). The van der Waals surface area contributed by atoms with Crippen LogP contribution in [0.4, 0.5) is 5.82 Å². The van der Waals surface area contributed by atoms with E-state index in [2.05, 4.69) is 34.2 Å². The van der Waals surface area contributed by atoms with Gasteiger partial charge in [0.15, 0.2) is 0 Å². The highest BCUT2D eigenvalue weighted by molar-refractivity contribution is 5.65. The van der Waals surface area contributed by atoms with Gasteiger partial charge in [-0.25, -0.2) is 9.97 Å². The fraction of sp³-hybridized carbons (Fsp3) is 0.462. The average molecular weight is 245 g/mol. The third-order valence-electron chi connectivity index (χ3n) is 2.94. The van der Waals surface area contributed by atoms with E-state index in [1.807, 2.05) is 24.0 Å². The van der Waals surface area contributed by atoms with Gasteiger partial charge in [0.2, 0.25) is 0 Å². The zero-order valence-corrected chi connectivity index (χ0v) is 11.1. The van der Waals surface area contributed by atoms with E-state index in [-0.39, 0.29) is 0 Å². The van der Waals surface area contributed by atoms with Crippen molar-refractivity contribution in [3.63, 3.8) is 0 Å². The minimum Gasteiger partial charge on any atom is -0.373 e. The summed E-state index contributed by atoms with van der Waals surface area (Å²) in [5, 5.41) is 7.44. The Kier molecular flexibility index (Phi) is 3.92. The monoisotopic (exact) mass is 245 g/mol. The molecule has 0 bridgehead atoms. The van der Waals surface area contributed by atoms with E-state index in [1.165, 1.54) is 0 Å². The summed E-state index contributed by atoms with van der Waals surface area (Å²) < 4.78 is 1.96. The van der Waals surface area contributed by atoms with Crippen LogP contribution >= 0.6 is 0 Å². The first kappa shape index (κ1) is 12.5. The third kappa shape index (κ3) is 2.20. The van der Waals surface area contributed by atoms with Crippen molar-refractivity contribution in [2.24, 2.45) is 0 Å². The predicted molar refractivity (Wildman–Crippen MR) is 72.5 cm³/mol. The van der Waals surface area contributed by atoms with Crippen LogP contribution in [-0.4, -0.2) is 26.8 Å². The molecule has 0 aliphatic heterocycles. The number of hydrogen-bond donors (Lipinski definition) is 1. The lowest BCUT2D eigenvalue weighted by Crippen LogP contribution is -2.06. The SMILES string of the molecule is CCCc1c(NC)ncnc1-c1ccnn1CC. The van der Waals surface area contributed by atoms with Crippen molar-refractivity contribution in [3.05, 3.63) is 24.2 Å². The van der Waals surface area contributed by atoms with E-state index in [9.17, 15) is 0 Å². The zero-order chi connectivity index (χ0) is 13.0. The maximum Gasteiger partial charge on any atom is 0.132 e. The molecule has 0 saturated carbocycles. The molecule has 18 heavy (non-hydrogen) atoms. The number of aryl methyl sites for hydroxylation is 1. The molecule has 0 unspecified atom stereocenters. The van der Waals surface area contributed by atoms with E-state index in [0.717, 1.165) is 42.2 Å². The Bertz CT molecular complexity index is 518. The van der Waals surface area contributed by atoms with Gasteiger partial charge in [0.25, 0.3) is 0 Å². The van der Waals surface area contributed by atoms with Crippen molar-refractivity contribution in [3.8, 4) is 11.4 Å². The highest BCUT2D eigenvalue weighted by Crippen LogP contribution is 2.26. The van der Waals surface area contributed by atoms with E-state index in [0.29, 0.717) is 0 Å². The van der Waals surface area contributed by atoms with Crippen LogP contribution in [0.1, 0.15) is 25.8 Å². The van der Waals surface area contributed by atoms with Gasteiger partial charge in [-0.15, -0.1) is 0 Å². The molecule has 2 heterocycles. The van der Waals surface area contributed by atoms with Crippen LogP contribution < -0.4 is 5.32 Å². The van der Waals surface area contributed by atoms with Crippen molar-refractivity contribution >= 4 is 5.82 Å². The van der Waals surface area contributed by atoms with Gasteiger partial charge in [-0.3, -0.25) is 4.68 Å². The van der Waals surface area contributed by atoms with Gasteiger partial charge < -0.3 is 5.32 Å². The molecule has 1 N–H and O–H groups in total. The Morgan fingerprint density at radius 3 is 2.78 bits per heavy atom. The molecular weight excluding hydrogens is 226 g/mol. The van der Waals surface area contributed by atoms with Crippen molar-refractivity contribution in [2.45, 2.75) is 33.2 Å². The summed E-state index contributed by atoms with van der Waals surface area (Å²) in [5.74, 6) is 0.908. The van der Waals surface area contributed by atoms with Crippen LogP contribution in [-0.2, 0) is 13.0 Å². The Hall–Kier alpha value is -1.91. The van der Waals surface area contributed by atoms with Gasteiger partial charge in [0, 0.05) is 25.4 Å². The second kappa shape index (κ2) is 5.62. The highest BCUT2D eigenvalue weighted by atomic mass is 15.3. The fourth-order valence-electron chi connectivity index (χ4n) is 2.12. The summed E-state index contributed by atoms with van der Waals surface area (Å²) in [6, 6.07) is 2.00. The molecule has 0 aliphatic carbocycles. The Balaban J connectivity index is 2.56. The molecule has 0 aromatic carbocycles. The lowest BCUT2D eigenvalue weighted by atomic mass is 10.1. The molecule has 0 saturated heterocycles. The van der Waals surface area contributed by atoms with Gasteiger partial charge >= 0.3 is 0 Å². The molecule has 5 nitrogen and oxygen atoms in total. The van der Waals surface area contributed by atoms with Gasteiger partial charge in [0.05, 0.1) is 11.4 Å². The summed E-state index contributed by atoms with van der Waals surface area (Å²) in [6.07, 6.45) is 5.44. The van der Waals surface area contributed by atoms with Crippen LogP contribution in [0.2, 0.25) is 0 Å². The quantitative estimate of drug-likeness (QED) is 0.878. The van der Waals surface area contributed by atoms with Crippen molar-refractivity contribution < 1.29 is 0 Å². The third-order valence-corrected chi connectivity index (χ3v) is 2.94. The molecule has 0 aliphatic rings. The number of hydrogen-bond acceptors (Lipinski definition) is 4. The summed E-state index contributed by atoms with van der Waals surface area (Å²) in [4.78, 5) is 8.73. The van der Waals surface area contributed by atoms with Crippen LogP contribution in [0.25, 0.3) is 11.4 Å². The number of anilines is 1. The molecule has 5 heteroatoms. The highest BCUT2D eigenvalue weighted by Gasteiger charge is 2.14. The smallest absolute Gasteiger partial charge is 0.132 e. The molecule has 2 aromatic heterocycles. The summed E-state index contributed by atoms with van der Waals surface area (Å²) in [7, 11) is 1.89. The number of rotatable bonds is 5. The minimum atomic E-state index is 0.840. The van der Waals surface area contributed by atoms with Gasteiger partial charge in [-0.2, -0.15) is 5.10 Å². The van der Waals surface area contributed by atoms with E-state index in [1.54, 1.807) is 6.33 Å². The summed E-state index contributed by atoms with van der Waals surface area (Å²) in [5.41, 5.74) is 3.20. The van der Waals surface area contributed by atoms with Crippen LogP contribution in [0, 0.1) is 0 Å². The van der Waals surface area contributed by atoms with E-state index in [4.69, 9.17) is 0 Å². The molecular formula is C13H19N5. The van der Waals surface area contributed by atoms with Gasteiger partial charge in [-0.05, 0) is 19.4 Å². The molecule has 2 aromatic rings. The Morgan fingerprint density at radius 1 is 1.28 bits per heavy atom. The standard InChI is InChI=1S/C13H19N5/c1-4-6-10-12(15-9-16-13(10)14-3)11-7-8-17-18(11)5-2/h7-9H,4-6H2,1-3H3,(H,14,15,16). The summed E-state index contributed by atoms with van der Waals surface area (Å²) >= 11 is 0. The molecule has 96 valence electrons. The zero-order valence-electron chi connectivity index (χ0n) is 11.1. The van der Waals surface area contributed by atoms with E-state index < -0.39 is 0 Å². The van der Waals surface area contributed by atoms with Gasteiger partial charge in [0.1, 0.15) is 12.1 Å². The van der Waals surface area contributed by atoms with Crippen LogP contribution in [0.5, 0.6) is 0 Å². The summed E-state index contributed by atoms with van der Waals surface area (Å²) in [6.45, 7) is 5.08. The fourth-order valence-corrected chi connectivity index (χ4v) is 2.12. The number of nitrogens with zero attached hydrogens (tertiary/aromatic N) is 4. The normalized spacial score (nSPS) is 10.6. The Labute approximate surface area is 107 Å². The lowest BCUT2D eigenvalue weighted by molar-refractivity contribution is 0.664. The van der Waals surface area contributed by atoms with Crippen LogP contribution in [0.15, 0.2) is 18.6 Å². The topological polar surface area (TPSA) is 55.6 Å². The average Bonchev–Trinajstić information content (AvgIpc) is 2.87. The minimum absolute atomic E-state index is 0.840. The number of aromatic nitrogens is 4. The van der Waals surface area contributed by atoms with Gasteiger partial charge in [-0.1, -0.05) is 13.3 Å².